The van der Waals surface area contributed by atoms with Gasteiger partial charge in [0.15, 0.2) is 0 Å². The molecule has 0 unspecified atom stereocenters. The lowest BCUT2D eigenvalue weighted by Gasteiger charge is -2.27. The molecule has 37 heavy (non-hydrogen) atoms. The van der Waals surface area contributed by atoms with Crippen LogP contribution < -0.4 is 4.90 Å². The minimum Gasteiger partial charge on any atom is -0.310 e. The summed E-state index contributed by atoms with van der Waals surface area (Å²) < 4.78 is 2.39. The number of nitrogens with zero attached hydrogens (tertiary/aromatic N) is 2. The van der Waals surface area contributed by atoms with Crippen molar-refractivity contribution in [2.75, 3.05) is 4.90 Å². The van der Waals surface area contributed by atoms with Crippen LogP contribution in [0, 0.1) is 6.92 Å². The maximum atomic E-state index is 2.48. The largest absolute Gasteiger partial charge is 0.310 e. The van der Waals surface area contributed by atoms with Crippen LogP contribution in [0.1, 0.15) is 11.1 Å². The van der Waals surface area contributed by atoms with Gasteiger partial charge in [-0.2, -0.15) is 0 Å². The van der Waals surface area contributed by atoms with Gasteiger partial charge in [0, 0.05) is 27.8 Å². The molecule has 0 spiro atoms. The van der Waals surface area contributed by atoms with Gasteiger partial charge in [-0.15, -0.1) is 0 Å². The van der Waals surface area contributed by atoms with Crippen molar-refractivity contribution in [3.8, 4) is 5.69 Å². The van der Waals surface area contributed by atoms with E-state index >= 15 is 0 Å². The fourth-order valence-corrected chi connectivity index (χ4v) is 6.04. The molecule has 0 N–H and O–H groups in total. The summed E-state index contributed by atoms with van der Waals surface area (Å²) in [5.74, 6) is 0. The number of alkyl halides is 3. The predicted molar refractivity (Wildman–Crippen MR) is 184 cm³/mol. The van der Waals surface area contributed by atoms with Crippen molar-refractivity contribution in [3.63, 3.8) is 0 Å². The van der Waals surface area contributed by atoms with Gasteiger partial charge < -0.3 is 9.47 Å². The summed E-state index contributed by atoms with van der Waals surface area (Å²) in [4.78, 5) is 2.39. The summed E-state index contributed by atoms with van der Waals surface area (Å²) in [7, 11) is 0. The van der Waals surface area contributed by atoms with Crippen LogP contribution in [0.25, 0.3) is 27.5 Å². The standard InChI is InChI=1S/C32H23I3N2/c1-22-14-18-25(19-15-22)36(26-20-16-23(17-21-26)32(33,34)35)29-12-7-13-30-31(29)27-10-5-6-11-28(27)37(30)24-8-3-2-4-9-24/h2-21H,1H3. The topological polar surface area (TPSA) is 8.17 Å². The van der Waals surface area contributed by atoms with E-state index in [9.17, 15) is 0 Å². The highest BCUT2D eigenvalue weighted by molar-refractivity contribution is 14.3. The zero-order chi connectivity index (χ0) is 25.6. The van der Waals surface area contributed by atoms with Crippen LogP contribution in [0.15, 0.2) is 121 Å². The van der Waals surface area contributed by atoms with E-state index in [2.05, 4.69) is 205 Å². The van der Waals surface area contributed by atoms with Crippen molar-refractivity contribution in [3.05, 3.63) is 132 Å². The number of hydrogen-bond donors (Lipinski definition) is 0. The van der Waals surface area contributed by atoms with Crippen molar-refractivity contribution >= 4 is 107 Å². The molecule has 1 heterocycles. The highest BCUT2D eigenvalue weighted by Crippen LogP contribution is 2.48. The van der Waals surface area contributed by atoms with Crippen molar-refractivity contribution in [1.82, 2.24) is 4.57 Å². The van der Waals surface area contributed by atoms with Crippen LogP contribution in [-0.4, -0.2) is 4.57 Å². The Kier molecular flexibility index (Phi) is 6.96. The number of aryl methyl sites for hydroxylation is 1. The van der Waals surface area contributed by atoms with E-state index in [4.69, 9.17) is 0 Å². The van der Waals surface area contributed by atoms with Crippen LogP contribution in [0.2, 0.25) is 0 Å². The number of hydrogen-bond acceptors (Lipinski definition) is 1. The predicted octanol–water partition coefficient (Wildman–Crippen LogP) is 11.0. The summed E-state index contributed by atoms with van der Waals surface area (Å²) in [5.41, 5.74) is 9.58. The van der Waals surface area contributed by atoms with Gasteiger partial charge in [0.25, 0.3) is 0 Å². The van der Waals surface area contributed by atoms with Crippen LogP contribution in [0.3, 0.4) is 0 Å². The van der Waals surface area contributed by atoms with E-state index in [0.717, 1.165) is 11.4 Å². The van der Waals surface area contributed by atoms with Gasteiger partial charge in [0.2, 0.25) is 0 Å². The van der Waals surface area contributed by atoms with Crippen molar-refractivity contribution < 1.29 is 0 Å². The molecule has 5 aromatic carbocycles. The number of para-hydroxylation sites is 2. The van der Waals surface area contributed by atoms with Crippen molar-refractivity contribution in [2.24, 2.45) is 0 Å². The Balaban J connectivity index is 1.65. The fourth-order valence-electron chi connectivity index (χ4n) is 4.96. The van der Waals surface area contributed by atoms with E-state index in [1.54, 1.807) is 0 Å². The number of aromatic nitrogens is 1. The van der Waals surface area contributed by atoms with Gasteiger partial charge in [0.05, 0.1) is 16.7 Å². The Morgan fingerprint density at radius 1 is 0.595 bits per heavy atom. The molecule has 0 saturated heterocycles. The fraction of sp³-hybridized carbons (Fsp3) is 0.0625. The molecular weight excluding hydrogens is 793 g/mol. The lowest BCUT2D eigenvalue weighted by molar-refractivity contribution is 1.18. The first-order valence-electron chi connectivity index (χ1n) is 12.0. The number of fused-ring (bicyclic) bond motifs is 3. The van der Waals surface area contributed by atoms with Gasteiger partial charge in [-0.05, 0) is 135 Å². The Labute approximate surface area is 258 Å². The Morgan fingerprint density at radius 2 is 1.19 bits per heavy atom. The van der Waals surface area contributed by atoms with E-state index in [1.165, 1.54) is 44.3 Å². The number of rotatable bonds is 5. The lowest BCUT2D eigenvalue weighted by atomic mass is 10.1. The lowest BCUT2D eigenvalue weighted by Crippen LogP contribution is -2.11. The van der Waals surface area contributed by atoms with Crippen molar-refractivity contribution in [2.45, 2.75) is 6.36 Å². The van der Waals surface area contributed by atoms with E-state index in [0.29, 0.717) is 0 Å². The molecule has 0 bridgehead atoms. The van der Waals surface area contributed by atoms with E-state index in [-0.39, 0.29) is -0.565 Å². The monoisotopic (exact) mass is 816 g/mol. The molecule has 0 amide bonds. The second-order valence-electron chi connectivity index (χ2n) is 9.07. The van der Waals surface area contributed by atoms with E-state index in [1.807, 2.05) is 0 Å². The van der Waals surface area contributed by atoms with Gasteiger partial charge in [-0.1, -0.05) is 72.3 Å². The minimum absolute atomic E-state index is 0.0175. The Bertz CT molecular complexity index is 1700. The molecule has 6 aromatic rings. The molecule has 0 radical (unpaired) electrons. The minimum atomic E-state index is 0.0175. The third kappa shape index (κ3) is 4.78. The second-order valence-corrected chi connectivity index (χ2v) is 20.1. The Morgan fingerprint density at radius 3 is 1.86 bits per heavy atom. The van der Waals surface area contributed by atoms with Gasteiger partial charge in [-0.3, -0.25) is 0 Å². The summed E-state index contributed by atoms with van der Waals surface area (Å²) in [6, 6.07) is 43.8. The first-order valence-corrected chi connectivity index (χ1v) is 15.3. The molecule has 6 rings (SSSR count). The first-order chi connectivity index (χ1) is 17.9. The highest BCUT2D eigenvalue weighted by Gasteiger charge is 2.23. The second kappa shape index (κ2) is 10.2. The molecule has 0 aliphatic rings. The number of halogens is 3. The normalized spacial score (nSPS) is 11.8. The molecule has 0 aliphatic carbocycles. The molecule has 5 heteroatoms. The average Bonchev–Trinajstić information content (AvgIpc) is 3.25. The van der Waals surface area contributed by atoms with Crippen LogP contribution >= 0.6 is 67.8 Å². The molecule has 0 atom stereocenters. The Hall–Kier alpha value is -2.11. The summed E-state index contributed by atoms with van der Waals surface area (Å²) in [5, 5.41) is 2.49. The molecule has 1 aromatic heterocycles. The summed E-state index contributed by atoms with van der Waals surface area (Å²) >= 11 is 7.45. The smallest absolute Gasteiger partial charge is 0.149 e. The SMILES string of the molecule is Cc1ccc(N(c2ccc(C(I)(I)I)cc2)c2cccc3c2c2ccccc2n3-c2ccccc2)cc1. The molecule has 182 valence electrons. The third-order valence-corrected chi connectivity index (χ3v) is 8.54. The summed E-state index contributed by atoms with van der Waals surface area (Å²) in [6.07, 6.45) is 0. The molecule has 0 aliphatic heterocycles. The molecule has 0 saturated carbocycles. The zero-order valence-corrected chi connectivity index (χ0v) is 26.5. The zero-order valence-electron chi connectivity index (χ0n) is 20.1. The first kappa shape index (κ1) is 25.2. The number of benzene rings is 5. The number of anilines is 3. The highest BCUT2D eigenvalue weighted by atomic mass is 127. The quantitative estimate of drug-likeness (QED) is 0.124. The van der Waals surface area contributed by atoms with Crippen LogP contribution in [-0.2, 0) is -0.565 Å². The molecular formula is C32H23I3N2. The van der Waals surface area contributed by atoms with Crippen LogP contribution in [0.5, 0.6) is 0 Å². The van der Waals surface area contributed by atoms with Gasteiger partial charge >= 0.3 is 0 Å². The van der Waals surface area contributed by atoms with E-state index < -0.39 is 0 Å². The molecule has 0 fully saturated rings. The van der Waals surface area contributed by atoms with Gasteiger partial charge in [0.1, 0.15) is -0.565 Å². The maximum absolute atomic E-state index is 2.48. The van der Waals surface area contributed by atoms with Crippen molar-refractivity contribution in [1.29, 1.82) is 0 Å². The summed E-state index contributed by atoms with van der Waals surface area (Å²) in [6.45, 7) is 2.14. The third-order valence-electron chi connectivity index (χ3n) is 6.68. The average molecular weight is 816 g/mol. The maximum Gasteiger partial charge on any atom is 0.149 e. The van der Waals surface area contributed by atoms with Gasteiger partial charge in [-0.25, -0.2) is 0 Å². The van der Waals surface area contributed by atoms with Crippen LogP contribution in [0.4, 0.5) is 17.1 Å². The molecule has 2 nitrogen and oxygen atoms in total.